The molecule has 85 heavy (non-hydrogen) atoms. The zero-order chi connectivity index (χ0) is 61.8. The summed E-state index contributed by atoms with van der Waals surface area (Å²) in [5, 5.41) is 36.3. The van der Waals surface area contributed by atoms with E-state index in [0.29, 0.717) is 17.7 Å². The Morgan fingerprint density at radius 2 is 1.31 bits per heavy atom. The molecule has 10 amide bonds. The van der Waals surface area contributed by atoms with Gasteiger partial charge in [-0.25, -0.2) is 18.2 Å². The number of nitrogens with zero attached hydrogens (tertiary/aromatic N) is 2. The first-order valence-corrected chi connectivity index (χ1v) is 27.5. The molecule has 1 saturated heterocycles. The average Bonchev–Trinajstić information content (AvgIpc) is 3.92. The van der Waals surface area contributed by atoms with E-state index in [1.165, 1.54) is 4.90 Å². The normalized spacial score (nSPS) is 17.6. The largest absolute Gasteiger partial charge is 2.00 e. The molecule has 0 saturated carbocycles. The molecule has 4 aromatic rings. The van der Waals surface area contributed by atoms with E-state index in [4.69, 9.17) is 28.0 Å². The zero-order valence-corrected chi connectivity index (χ0v) is 48.6. The summed E-state index contributed by atoms with van der Waals surface area (Å²) < 4.78 is 0. The van der Waals surface area contributed by atoms with E-state index in [9.17, 15) is 53.1 Å². The van der Waals surface area contributed by atoms with Crippen molar-refractivity contribution in [2.24, 2.45) is 40.7 Å². The number of H-pyrrole nitrogens is 1. The fourth-order valence-corrected chi connectivity index (χ4v) is 9.39. The third-order valence-electron chi connectivity index (χ3n) is 14.6. The number of benzene rings is 1. The van der Waals surface area contributed by atoms with E-state index < -0.39 is 157 Å². The molecule has 1 fully saturated rings. The summed E-state index contributed by atoms with van der Waals surface area (Å²) in [6, 6.07) is 12.5. The Bertz CT molecular complexity index is 2950. The molecule has 6 rings (SSSR count). The van der Waals surface area contributed by atoms with Crippen LogP contribution in [-0.4, -0.2) is 147 Å². The molecule has 0 bridgehead atoms. The number of aromatic amines is 1. The number of fused-ring (bicyclic) bond motifs is 1. The summed E-state index contributed by atoms with van der Waals surface area (Å²) in [6.07, 6.45) is 1.42. The van der Waals surface area contributed by atoms with Crippen molar-refractivity contribution < 1.29 is 80.0 Å². The molecule has 29 heteroatoms. The van der Waals surface area contributed by atoms with Crippen molar-refractivity contribution in [1.82, 2.24) is 52.7 Å². The number of carbonyl (C=O) groups excluding carboxylic acids is 10. The van der Waals surface area contributed by atoms with Crippen molar-refractivity contribution in [3.05, 3.63) is 103 Å². The number of primary amides is 3. The molecule has 2 aliphatic rings. The molecule has 3 aromatic carbocycles. The fraction of sp³-hybridized carbons (Fsp3) is 0.446. The van der Waals surface area contributed by atoms with Gasteiger partial charge in [0.25, 0.3) is 0 Å². The topological polar surface area (TPSA) is 451 Å². The van der Waals surface area contributed by atoms with Gasteiger partial charge in [-0.2, -0.15) is 30.3 Å². The van der Waals surface area contributed by atoms with Crippen LogP contribution in [0.4, 0.5) is 5.69 Å². The Morgan fingerprint density at radius 3 is 1.87 bits per heavy atom. The number of nitrogens with one attached hydrogen (secondary N) is 9. The van der Waals surface area contributed by atoms with Crippen molar-refractivity contribution in [3.8, 4) is 0 Å². The predicted octanol–water partition coefficient (Wildman–Crippen LogP) is -2.16. The van der Waals surface area contributed by atoms with Gasteiger partial charge in [-0.15, -0.1) is 11.6 Å². The number of rotatable bonds is 30. The van der Waals surface area contributed by atoms with Crippen LogP contribution in [0.5, 0.6) is 0 Å². The van der Waals surface area contributed by atoms with Crippen molar-refractivity contribution in [1.29, 1.82) is 0 Å². The van der Waals surface area contributed by atoms with Crippen LogP contribution in [0, 0.1) is 17.8 Å². The number of hydrogen-bond acceptors (Lipinski definition) is 16. The van der Waals surface area contributed by atoms with Gasteiger partial charge in [0.2, 0.25) is 59.1 Å². The van der Waals surface area contributed by atoms with E-state index in [-0.39, 0.29) is 49.3 Å². The summed E-state index contributed by atoms with van der Waals surface area (Å²) in [7, 11) is 0. The number of hydrogen-bond donors (Lipinski definition) is 15. The van der Waals surface area contributed by atoms with E-state index in [0.717, 1.165) is 16.6 Å². The van der Waals surface area contributed by atoms with Gasteiger partial charge in [0, 0.05) is 48.6 Å². The number of carboxylic acids is 1. The van der Waals surface area contributed by atoms with Crippen LogP contribution in [0.3, 0.4) is 0 Å². The number of aliphatic carboxylic acids is 1. The molecule has 19 N–H and O–H groups in total. The molecule has 1 aromatic heterocycles. The number of aliphatic hydroxyl groups is 1. The van der Waals surface area contributed by atoms with Crippen LogP contribution in [0.1, 0.15) is 78.2 Å². The number of aromatic nitrogens is 1. The first-order chi connectivity index (χ1) is 40.0. The minimum Gasteiger partial charge on any atom is -0.481 e. The second-order valence-electron chi connectivity index (χ2n) is 20.8. The minimum atomic E-state index is -1.84. The molecular weight excluding hydrogens is 1150 g/mol. The van der Waals surface area contributed by atoms with Crippen LogP contribution in [0.25, 0.3) is 10.9 Å². The monoisotopic (exact) mass is 1220 g/mol. The quantitative estimate of drug-likeness (QED) is 0.0195. The number of likely N-dealkylation sites (tertiary alicyclic amines) is 1. The molecule has 3 heterocycles. The number of anilines is 1. The third-order valence-corrected chi connectivity index (χ3v) is 14.6. The first kappa shape index (κ1) is 68.9. The molecule has 28 nitrogen and oxygen atoms in total. The summed E-state index contributed by atoms with van der Waals surface area (Å²) in [5.41, 5.74) is 31.1. The van der Waals surface area contributed by atoms with E-state index >= 15 is 4.79 Å². The Labute approximate surface area is 501 Å². The van der Waals surface area contributed by atoms with E-state index in [2.05, 4.69) is 47.8 Å². The summed E-state index contributed by atoms with van der Waals surface area (Å²) >= 11 is 0. The van der Waals surface area contributed by atoms with Crippen molar-refractivity contribution in [3.63, 3.8) is 0 Å². The van der Waals surface area contributed by atoms with Crippen LogP contribution in [0.15, 0.2) is 97.0 Å². The molecule has 0 aliphatic carbocycles. The first-order valence-electron chi connectivity index (χ1n) is 27.5. The van der Waals surface area contributed by atoms with Crippen LogP contribution >= 0.6 is 0 Å². The molecule has 11 atom stereocenters. The molecule has 2 aliphatic heterocycles. The molecular formula is C56H77FeN15O13. The Balaban J connectivity index is 0.00000245. The SMILES string of the molecule is CC[C@H](C)[C@H](NC(=O)[C@@H](N)CCC(=O)O)C(=O)N[C@@H](CC(N)=O)C(=O)N[C@@H](CC(N)=O)C(=O)N[C@H](C(=O)N1CC(C2=CN(c3ccc[cH-]3)NN2)C[C@H]1C(=O)N[C@@H](Cc1c[nH]c2ccccc12)C(=O)N[C@@H](CO)C(N)=O)[C@@H](C)CC.[Fe+2].c1cc[cH-]c1. The minimum absolute atomic E-state index is 0. The van der Waals surface area contributed by atoms with Crippen molar-refractivity contribution >= 4 is 81.6 Å². The second-order valence-corrected chi connectivity index (χ2v) is 20.8. The number of carboxylic acid groups (broad SMARTS) is 1. The van der Waals surface area contributed by atoms with Crippen LogP contribution in [0.2, 0.25) is 0 Å². The maximum Gasteiger partial charge on any atom is 2.00 e. The maximum absolute atomic E-state index is 15.2. The van der Waals surface area contributed by atoms with Crippen molar-refractivity contribution in [2.75, 3.05) is 18.2 Å². The number of aliphatic hydroxyl groups excluding tert-OH is 1. The van der Waals surface area contributed by atoms with E-state index in [1.54, 1.807) is 63.3 Å². The van der Waals surface area contributed by atoms with Gasteiger partial charge in [-0.1, -0.05) is 64.4 Å². The van der Waals surface area contributed by atoms with Gasteiger partial charge in [0.05, 0.1) is 31.2 Å². The number of hydrazine groups is 2. The summed E-state index contributed by atoms with van der Waals surface area (Å²) in [6.45, 7) is 5.70. The standard InChI is InChI=1S/C51H72N15O13.C5H5.Fe/c1-5-25(3)42(61-45(73)31(52)15-16-41(70)71)50(78)59-34(19-39(53)68)47(75)57-35(20-40(54)69)48(76)62-43(26(4)6-2)51(79)65-22-28(36-23-66(64-63-36)29-11-7-8-12-29)18-38(65)49(77)58-33(46(74)60-37(24-67)44(55)72)17-27-21-56-32-14-10-9-13-30(27)32;1-2-4-5-3-1;/h7-14,21,23,25-26,28,31,33-35,37-38,42-43,56,63-64,67H,5-6,15-20,22,24,52H2,1-4H3,(H2,53,68)(H2,54,69)(H2,55,72)(H,57,75)(H,58,77)(H,59,78)(H,60,74)(H,61,73)(H,62,76)(H,70,71);1-5H;/q2*-1;+2/t25-,26-,28?,31-,33-,34-,35-,37-,38-,42-,43-;;/m0../s1. The smallest absolute Gasteiger partial charge is 0.481 e. The van der Waals surface area contributed by atoms with Gasteiger partial charge in [0.15, 0.2) is 0 Å². The van der Waals surface area contributed by atoms with Gasteiger partial charge >= 0.3 is 23.0 Å². The van der Waals surface area contributed by atoms with Gasteiger partial charge in [0.1, 0.15) is 42.3 Å². The zero-order valence-electron chi connectivity index (χ0n) is 47.5. The number of nitrogens with two attached hydrogens (primary N) is 4. The van der Waals surface area contributed by atoms with Gasteiger partial charge in [-0.05, 0) is 36.3 Å². The van der Waals surface area contributed by atoms with Gasteiger partial charge in [-0.3, -0.25) is 57.7 Å². The Hall–Kier alpha value is -8.63. The molecule has 0 radical (unpaired) electrons. The van der Waals surface area contributed by atoms with Crippen molar-refractivity contribution in [2.45, 2.75) is 127 Å². The average molecular weight is 1220 g/mol. The summed E-state index contributed by atoms with van der Waals surface area (Å²) in [5.74, 6) is -12.9. The number of para-hydroxylation sites is 1. The van der Waals surface area contributed by atoms with E-state index in [1.807, 2.05) is 60.7 Å². The van der Waals surface area contributed by atoms with Gasteiger partial charge < -0.3 is 80.4 Å². The maximum atomic E-state index is 15.2. The summed E-state index contributed by atoms with van der Waals surface area (Å²) in [4.78, 5) is 152. The Morgan fingerprint density at radius 1 is 0.718 bits per heavy atom. The molecule has 1 unspecified atom stereocenters. The second kappa shape index (κ2) is 33.0. The predicted molar refractivity (Wildman–Crippen MR) is 306 cm³/mol. The fourth-order valence-electron chi connectivity index (χ4n) is 9.39. The number of amides is 10. The Kier molecular flexibility index (Phi) is 26.7. The van der Waals surface area contributed by atoms with Crippen LogP contribution in [-0.2, 0) is 76.2 Å². The molecule has 0 spiro atoms. The third kappa shape index (κ3) is 19.7. The van der Waals surface area contributed by atoms with Crippen LogP contribution < -0.4 is 70.8 Å². The number of carbonyl (C=O) groups is 11. The molecule has 462 valence electrons.